The zero-order chi connectivity index (χ0) is 19.4. The van der Waals surface area contributed by atoms with Gasteiger partial charge in [-0.2, -0.15) is 0 Å². The number of likely N-dealkylation sites (N-methyl/N-ethyl adjacent to an activating group) is 1. The molecule has 1 heterocycles. The highest BCUT2D eigenvalue weighted by atomic mass is 19.1. The van der Waals surface area contributed by atoms with E-state index in [2.05, 4.69) is 6.07 Å². The number of carbonyl (C=O) groups excluding carboxylic acids is 1. The van der Waals surface area contributed by atoms with Gasteiger partial charge in [0.05, 0.1) is 0 Å². The van der Waals surface area contributed by atoms with Crippen LogP contribution in [0.1, 0.15) is 29.5 Å². The van der Waals surface area contributed by atoms with Gasteiger partial charge in [0.15, 0.2) is 5.60 Å². The van der Waals surface area contributed by atoms with E-state index in [1.54, 1.807) is 17.0 Å². The highest BCUT2D eigenvalue weighted by Gasteiger charge is 2.42. The molecule has 0 aromatic heterocycles. The number of rotatable bonds is 6. The Labute approximate surface area is 160 Å². The number of hydrogen-bond acceptors (Lipinski definition) is 3. The molecular weight excluding hydrogens is 343 g/mol. The van der Waals surface area contributed by atoms with E-state index in [0.717, 1.165) is 23.1 Å². The molecule has 1 unspecified atom stereocenters. The fourth-order valence-electron chi connectivity index (χ4n) is 3.80. The number of piperidine rings is 1. The maximum absolute atomic E-state index is 13.1. The standard InChI is InChI=1S/C22H27FN2O2/c1-17-5-3-6-19(13-17)15-25-12-4-11-22(27,21(25)26)16-24(2)14-18-7-9-20(23)10-8-18/h3,5-10,13,27H,4,11-12,14-16H2,1-2H3. The zero-order valence-corrected chi connectivity index (χ0v) is 16.0. The van der Waals surface area contributed by atoms with Crippen LogP contribution < -0.4 is 0 Å². The Morgan fingerprint density at radius 2 is 1.93 bits per heavy atom. The molecule has 1 N–H and O–H groups in total. The fourth-order valence-corrected chi connectivity index (χ4v) is 3.80. The summed E-state index contributed by atoms with van der Waals surface area (Å²) >= 11 is 0. The Hall–Kier alpha value is -2.24. The van der Waals surface area contributed by atoms with Gasteiger partial charge in [0, 0.05) is 26.2 Å². The van der Waals surface area contributed by atoms with E-state index in [9.17, 15) is 14.3 Å². The third-order valence-corrected chi connectivity index (χ3v) is 5.06. The van der Waals surface area contributed by atoms with Crippen LogP contribution in [0.15, 0.2) is 48.5 Å². The van der Waals surface area contributed by atoms with Crippen LogP contribution in [0.4, 0.5) is 4.39 Å². The highest BCUT2D eigenvalue weighted by molar-refractivity contribution is 5.86. The number of nitrogens with zero attached hydrogens (tertiary/aromatic N) is 2. The van der Waals surface area contributed by atoms with Crippen LogP contribution in [0, 0.1) is 12.7 Å². The minimum Gasteiger partial charge on any atom is -0.379 e. The lowest BCUT2D eigenvalue weighted by molar-refractivity contribution is -0.160. The number of carbonyl (C=O) groups is 1. The van der Waals surface area contributed by atoms with E-state index in [-0.39, 0.29) is 18.3 Å². The van der Waals surface area contributed by atoms with Gasteiger partial charge in [-0.25, -0.2) is 4.39 Å². The maximum atomic E-state index is 13.1. The van der Waals surface area contributed by atoms with E-state index >= 15 is 0 Å². The molecule has 2 aromatic carbocycles. The number of aryl methyl sites for hydroxylation is 1. The van der Waals surface area contributed by atoms with E-state index in [1.807, 2.05) is 37.1 Å². The number of benzene rings is 2. The van der Waals surface area contributed by atoms with Crippen LogP contribution in [0.25, 0.3) is 0 Å². The first kappa shape index (κ1) is 19.5. The normalized spacial score (nSPS) is 20.3. The van der Waals surface area contributed by atoms with Crippen LogP contribution in [0.3, 0.4) is 0 Å². The smallest absolute Gasteiger partial charge is 0.256 e. The molecule has 4 nitrogen and oxygen atoms in total. The Kier molecular flexibility index (Phi) is 5.92. The Morgan fingerprint density at radius 3 is 2.63 bits per heavy atom. The molecule has 0 radical (unpaired) electrons. The summed E-state index contributed by atoms with van der Waals surface area (Å²) in [7, 11) is 1.87. The van der Waals surface area contributed by atoms with E-state index < -0.39 is 5.60 Å². The zero-order valence-electron chi connectivity index (χ0n) is 16.0. The van der Waals surface area contributed by atoms with Crippen molar-refractivity contribution in [2.24, 2.45) is 0 Å². The molecule has 1 aliphatic rings. The molecule has 1 fully saturated rings. The predicted octanol–water partition coefficient (Wildman–Crippen LogP) is 3.12. The van der Waals surface area contributed by atoms with Gasteiger partial charge >= 0.3 is 0 Å². The molecule has 27 heavy (non-hydrogen) atoms. The number of aliphatic hydroxyl groups is 1. The second-order valence-corrected chi connectivity index (χ2v) is 7.65. The minimum absolute atomic E-state index is 0.207. The van der Waals surface area contributed by atoms with Crippen molar-refractivity contribution in [2.75, 3.05) is 20.1 Å². The van der Waals surface area contributed by atoms with Crippen LogP contribution >= 0.6 is 0 Å². The van der Waals surface area contributed by atoms with Crippen LogP contribution in [0.2, 0.25) is 0 Å². The summed E-state index contributed by atoms with van der Waals surface area (Å²) in [4.78, 5) is 16.6. The van der Waals surface area contributed by atoms with Crippen molar-refractivity contribution in [1.29, 1.82) is 0 Å². The summed E-state index contributed by atoms with van der Waals surface area (Å²) < 4.78 is 13.1. The van der Waals surface area contributed by atoms with Crippen molar-refractivity contribution in [2.45, 2.75) is 38.5 Å². The third-order valence-electron chi connectivity index (χ3n) is 5.06. The van der Waals surface area contributed by atoms with Gasteiger partial charge in [-0.15, -0.1) is 0 Å². The monoisotopic (exact) mass is 370 g/mol. The first-order chi connectivity index (χ1) is 12.9. The molecule has 1 aliphatic heterocycles. The van der Waals surface area contributed by atoms with Crippen LogP contribution in [-0.4, -0.2) is 46.6 Å². The molecule has 0 saturated carbocycles. The molecule has 144 valence electrons. The van der Waals surface area contributed by atoms with Gasteiger partial charge in [-0.3, -0.25) is 9.69 Å². The fraction of sp³-hybridized carbons (Fsp3) is 0.409. The number of hydrogen-bond donors (Lipinski definition) is 1. The minimum atomic E-state index is -1.38. The van der Waals surface area contributed by atoms with E-state index in [0.29, 0.717) is 26.1 Å². The molecule has 3 rings (SSSR count). The summed E-state index contributed by atoms with van der Waals surface area (Å²) in [5.74, 6) is -0.476. The second kappa shape index (κ2) is 8.19. The summed E-state index contributed by atoms with van der Waals surface area (Å²) in [6.45, 7) is 4.02. The first-order valence-corrected chi connectivity index (χ1v) is 9.36. The third kappa shape index (κ3) is 4.93. The van der Waals surface area contributed by atoms with Gasteiger partial charge in [0.1, 0.15) is 5.82 Å². The lowest BCUT2D eigenvalue weighted by Crippen LogP contribution is -2.57. The molecular formula is C22H27FN2O2. The quantitative estimate of drug-likeness (QED) is 0.850. The van der Waals surface area contributed by atoms with E-state index in [4.69, 9.17) is 0 Å². The summed E-state index contributed by atoms with van der Waals surface area (Å²) in [5, 5.41) is 11.0. The van der Waals surface area contributed by atoms with Gasteiger partial charge < -0.3 is 10.0 Å². The van der Waals surface area contributed by atoms with Gasteiger partial charge in [0.2, 0.25) is 0 Å². The van der Waals surface area contributed by atoms with Crippen molar-refractivity contribution in [3.8, 4) is 0 Å². The summed E-state index contributed by atoms with van der Waals surface area (Å²) in [6, 6.07) is 14.4. The van der Waals surface area contributed by atoms with Crippen molar-refractivity contribution in [3.05, 3.63) is 71.0 Å². The van der Waals surface area contributed by atoms with Gasteiger partial charge in [0.25, 0.3) is 5.91 Å². The van der Waals surface area contributed by atoms with Crippen LogP contribution in [-0.2, 0) is 17.9 Å². The van der Waals surface area contributed by atoms with Gasteiger partial charge in [-0.05, 0) is 50.1 Å². The molecule has 1 atom stereocenters. The topological polar surface area (TPSA) is 43.8 Å². The molecule has 1 saturated heterocycles. The molecule has 1 amide bonds. The van der Waals surface area contributed by atoms with Crippen LogP contribution in [0.5, 0.6) is 0 Å². The molecule has 0 bridgehead atoms. The van der Waals surface area contributed by atoms with E-state index in [1.165, 1.54) is 12.1 Å². The molecule has 2 aromatic rings. The Bertz CT molecular complexity index is 793. The second-order valence-electron chi connectivity index (χ2n) is 7.65. The average molecular weight is 370 g/mol. The molecule has 0 spiro atoms. The first-order valence-electron chi connectivity index (χ1n) is 9.36. The Morgan fingerprint density at radius 1 is 1.19 bits per heavy atom. The predicted molar refractivity (Wildman–Crippen MR) is 104 cm³/mol. The molecule has 0 aliphatic carbocycles. The number of likely N-dealkylation sites (tertiary alicyclic amines) is 1. The number of halogens is 1. The summed E-state index contributed by atoms with van der Waals surface area (Å²) in [5.41, 5.74) is 1.80. The lowest BCUT2D eigenvalue weighted by Gasteiger charge is -2.40. The average Bonchev–Trinajstić information content (AvgIpc) is 2.61. The van der Waals surface area contributed by atoms with Crippen molar-refractivity contribution in [1.82, 2.24) is 9.80 Å². The van der Waals surface area contributed by atoms with Crippen molar-refractivity contribution >= 4 is 5.91 Å². The van der Waals surface area contributed by atoms with Gasteiger partial charge in [-0.1, -0.05) is 42.0 Å². The van der Waals surface area contributed by atoms with Crippen molar-refractivity contribution < 1.29 is 14.3 Å². The summed E-state index contributed by atoms with van der Waals surface area (Å²) in [6.07, 6.45) is 1.24. The maximum Gasteiger partial charge on any atom is 0.256 e. The molecule has 5 heteroatoms. The highest BCUT2D eigenvalue weighted by Crippen LogP contribution is 2.25. The largest absolute Gasteiger partial charge is 0.379 e. The van der Waals surface area contributed by atoms with Crippen molar-refractivity contribution in [3.63, 3.8) is 0 Å². The SMILES string of the molecule is Cc1cccc(CN2CCCC(O)(CN(C)Cc3ccc(F)cc3)C2=O)c1. The Balaban J connectivity index is 1.64. The number of amides is 1. The lowest BCUT2D eigenvalue weighted by atomic mass is 9.90.